The molecule has 0 saturated heterocycles. The molecular weight excluding hydrogens is 528 g/mol. The molecule has 2 aromatic carbocycles. The molecule has 194 valence electrons. The molecule has 0 fully saturated rings. The first-order chi connectivity index (χ1) is 18.4. The van der Waals surface area contributed by atoms with E-state index in [9.17, 15) is 14.4 Å². The zero-order valence-corrected chi connectivity index (χ0v) is 21.8. The molecule has 10 nitrogen and oxygen atoms in total. The summed E-state index contributed by atoms with van der Waals surface area (Å²) in [4.78, 5) is 38.4. The van der Waals surface area contributed by atoms with Crippen LogP contribution in [0.15, 0.2) is 73.1 Å². The number of thiophene rings is 1. The Labute approximate surface area is 227 Å². The molecule has 0 aliphatic heterocycles. The second kappa shape index (κ2) is 12.7. The van der Waals surface area contributed by atoms with Gasteiger partial charge in [0.1, 0.15) is 17.2 Å². The van der Waals surface area contributed by atoms with E-state index < -0.39 is 23.8 Å². The van der Waals surface area contributed by atoms with Crippen molar-refractivity contribution in [1.82, 2.24) is 30.8 Å². The van der Waals surface area contributed by atoms with E-state index >= 15 is 0 Å². The maximum Gasteiger partial charge on any atom is 0.348 e. The molecule has 2 N–H and O–H groups in total. The summed E-state index contributed by atoms with van der Waals surface area (Å²) < 4.78 is 6.22. The molecule has 0 aliphatic rings. The Balaban J connectivity index is 1.46. The molecule has 0 bridgehead atoms. The number of ether oxygens (including phenoxy) is 1. The maximum atomic E-state index is 13.2. The van der Waals surface area contributed by atoms with Gasteiger partial charge in [-0.25, -0.2) is 9.48 Å². The number of tetrazole rings is 1. The molecular formula is C26H23ClN6O4S. The number of esters is 1. The highest BCUT2D eigenvalue weighted by atomic mass is 35.5. The average molecular weight is 551 g/mol. The summed E-state index contributed by atoms with van der Waals surface area (Å²) in [6.45, 7) is 0.269. The van der Waals surface area contributed by atoms with Crippen molar-refractivity contribution in [2.45, 2.75) is 12.5 Å². The topological polar surface area (TPSA) is 128 Å². The molecule has 4 aromatic rings. The van der Waals surface area contributed by atoms with Crippen molar-refractivity contribution in [3.05, 3.63) is 99.0 Å². The minimum atomic E-state index is -0.968. The second-order valence-corrected chi connectivity index (χ2v) is 9.47. The van der Waals surface area contributed by atoms with Gasteiger partial charge in [0.25, 0.3) is 5.91 Å². The van der Waals surface area contributed by atoms with E-state index in [4.69, 9.17) is 16.3 Å². The second-order valence-electron chi connectivity index (χ2n) is 7.94. The van der Waals surface area contributed by atoms with Crippen LogP contribution in [0.1, 0.15) is 30.5 Å². The smallest absolute Gasteiger partial charge is 0.348 e. The lowest BCUT2D eigenvalue weighted by Gasteiger charge is -2.16. The Morgan fingerprint density at radius 3 is 2.63 bits per heavy atom. The number of hydrogen-bond acceptors (Lipinski definition) is 8. The highest BCUT2D eigenvalue weighted by Gasteiger charge is 2.21. The predicted octanol–water partition coefficient (Wildman–Crippen LogP) is 3.33. The van der Waals surface area contributed by atoms with Gasteiger partial charge in [-0.1, -0.05) is 54.1 Å². The highest BCUT2D eigenvalue weighted by Crippen LogP contribution is 2.20. The minimum absolute atomic E-state index is 0.269. The predicted molar refractivity (Wildman–Crippen MR) is 143 cm³/mol. The zero-order chi connectivity index (χ0) is 26.9. The summed E-state index contributed by atoms with van der Waals surface area (Å²) in [5.74, 6) is -1.42. The number of aromatic nitrogens is 4. The molecule has 1 unspecified atom stereocenters. The van der Waals surface area contributed by atoms with E-state index in [-0.39, 0.29) is 11.4 Å². The number of nitrogens with zero attached hydrogens (tertiary/aromatic N) is 4. The number of carbonyl (C=O) groups excluding carboxylic acids is 3. The fourth-order valence-corrected chi connectivity index (χ4v) is 4.56. The number of hydrogen-bond donors (Lipinski definition) is 2. The summed E-state index contributed by atoms with van der Waals surface area (Å²) in [7, 11) is 1.27. The number of methoxy groups -OCH3 is 1. The van der Waals surface area contributed by atoms with Crippen LogP contribution in [-0.4, -0.2) is 57.7 Å². The van der Waals surface area contributed by atoms with Crippen molar-refractivity contribution >= 4 is 46.8 Å². The van der Waals surface area contributed by atoms with Gasteiger partial charge in [0.2, 0.25) is 5.91 Å². The van der Waals surface area contributed by atoms with Gasteiger partial charge in [-0.05, 0) is 58.3 Å². The number of rotatable bonds is 10. The van der Waals surface area contributed by atoms with Crippen LogP contribution in [0.4, 0.5) is 0 Å². The van der Waals surface area contributed by atoms with Gasteiger partial charge < -0.3 is 15.4 Å². The van der Waals surface area contributed by atoms with Crippen molar-refractivity contribution < 1.29 is 19.1 Å². The fourth-order valence-electron chi connectivity index (χ4n) is 3.53. The molecule has 38 heavy (non-hydrogen) atoms. The third-order valence-corrected chi connectivity index (χ3v) is 6.70. The summed E-state index contributed by atoms with van der Waals surface area (Å²) in [6.07, 6.45) is 5.29. The quantitative estimate of drug-likeness (QED) is 0.290. The normalized spacial score (nSPS) is 11.7. The van der Waals surface area contributed by atoms with Crippen molar-refractivity contribution in [1.29, 1.82) is 0 Å². The Kier molecular flexibility index (Phi) is 8.96. The van der Waals surface area contributed by atoms with E-state index in [0.717, 1.165) is 28.2 Å². The van der Waals surface area contributed by atoms with Crippen molar-refractivity contribution in [2.24, 2.45) is 0 Å². The SMILES string of the molecule is COC(=O)c1ccc(C(=O)NC(/C=C/c2ccccc2)C(=O)NCCc2cc(Cl)ccc2-n2cnnn2)s1. The first kappa shape index (κ1) is 26.7. The minimum Gasteiger partial charge on any atom is -0.465 e. The fraction of sp³-hybridized carbons (Fsp3) is 0.154. The first-order valence-electron chi connectivity index (χ1n) is 11.5. The number of carbonyl (C=O) groups is 3. The van der Waals surface area contributed by atoms with Gasteiger partial charge in [-0.2, -0.15) is 0 Å². The van der Waals surface area contributed by atoms with Gasteiger partial charge in [0.15, 0.2) is 0 Å². The van der Waals surface area contributed by atoms with Crippen LogP contribution in [0.2, 0.25) is 5.02 Å². The van der Waals surface area contributed by atoms with E-state index in [1.54, 1.807) is 30.4 Å². The summed E-state index contributed by atoms with van der Waals surface area (Å²) >= 11 is 7.17. The standard InChI is InChI=1S/C26H23ClN6O4S/c1-37-26(36)23-12-11-22(38-23)25(35)30-20(9-7-17-5-3-2-4-6-17)24(34)28-14-13-18-15-19(27)8-10-21(18)33-16-29-31-32-33/h2-12,15-16,20H,13-14H2,1H3,(H,28,34)(H,30,35)/b9-7+. The lowest BCUT2D eigenvalue weighted by molar-refractivity contribution is -0.121. The highest BCUT2D eigenvalue weighted by molar-refractivity contribution is 7.15. The Hall–Kier alpha value is -4.35. The van der Waals surface area contributed by atoms with Gasteiger partial charge in [0.05, 0.1) is 17.7 Å². The van der Waals surface area contributed by atoms with Gasteiger partial charge in [0, 0.05) is 11.6 Å². The number of halogens is 1. The summed E-state index contributed by atoms with van der Waals surface area (Å²) in [5, 5.41) is 17.4. The van der Waals surface area contributed by atoms with Crippen LogP contribution in [0.5, 0.6) is 0 Å². The molecule has 0 spiro atoms. The lowest BCUT2D eigenvalue weighted by Crippen LogP contribution is -2.45. The Morgan fingerprint density at radius 1 is 1.11 bits per heavy atom. The molecule has 1 atom stereocenters. The molecule has 0 aliphatic carbocycles. The number of benzene rings is 2. The Morgan fingerprint density at radius 2 is 1.89 bits per heavy atom. The van der Waals surface area contributed by atoms with E-state index in [0.29, 0.717) is 16.3 Å². The first-order valence-corrected chi connectivity index (χ1v) is 12.7. The van der Waals surface area contributed by atoms with E-state index in [2.05, 4.69) is 26.2 Å². The van der Waals surface area contributed by atoms with Gasteiger partial charge in [-0.15, -0.1) is 16.4 Å². The third-order valence-electron chi connectivity index (χ3n) is 5.40. The molecule has 0 radical (unpaired) electrons. The Bertz CT molecular complexity index is 1440. The molecule has 0 saturated carbocycles. The maximum absolute atomic E-state index is 13.2. The molecule has 4 rings (SSSR count). The van der Waals surface area contributed by atoms with E-state index in [1.807, 2.05) is 30.3 Å². The number of amides is 2. The molecule has 12 heteroatoms. The van der Waals surface area contributed by atoms with Crippen molar-refractivity contribution in [3.63, 3.8) is 0 Å². The van der Waals surface area contributed by atoms with Gasteiger partial charge >= 0.3 is 5.97 Å². The van der Waals surface area contributed by atoms with Crippen LogP contribution in [0.3, 0.4) is 0 Å². The van der Waals surface area contributed by atoms with Crippen LogP contribution < -0.4 is 10.6 Å². The lowest BCUT2D eigenvalue weighted by atomic mass is 10.1. The third kappa shape index (κ3) is 6.90. The summed E-state index contributed by atoms with van der Waals surface area (Å²) in [5.41, 5.74) is 2.44. The molecule has 2 heterocycles. The van der Waals surface area contributed by atoms with Crippen molar-refractivity contribution in [3.8, 4) is 5.69 Å². The van der Waals surface area contributed by atoms with Crippen LogP contribution >= 0.6 is 22.9 Å². The van der Waals surface area contributed by atoms with Crippen LogP contribution in [-0.2, 0) is 16.0 Å². The molecule has 2 amide bonds. The number of nitrogens with one attached hydrogen (secondary N) is 2. The van der Waals surface area contributed by atoms with E-state index in [1.165, 1.54) is 30.3 Å². The monoisotopic (exact) mass is 550 g/mol. The summed E-state index contributed by atoms with van der Waals surface area (Å²) in [6, 6.07) is 16.8. The largest absolute Gasteiger partial charge is 0.465 e. The zero-order valence-electron chi connectivity index (χ0n) is 20.2. The van der Waals surface area contributed by atoms with Crippen LogP contribution in [0, 0.1) is 0 Å². The van der Waals surface area contributed by atoms with Crippen molar-refractivity contribution in [2.75, 3.05) is 13.7 Å². The average Bonchev–Trinajstić information content (AvgIpc) is 3.64. The molecule has 2 aromatic heterocycles. The van der Waals surface area contributed by atoms with Crippen LogP contribution in [0.25, 0.3) is 11.8 Å². The van der Waals surface area contributed by atoms with Gasteiger partial charge in [-0.3, -0.25) is 9.59 Å².